The van der Waals surface area contributed by atoms with Crippen molar-refractivity contribution in [2.45, 2.75) is 82.2 Å². The Bertz CT molecular complexity index is 1900. The summed E-state index contributed by atoms with van der Waals surface area (Å²) in [5.74, 6) is -3.02. The number of hydrogen-bond acceptors (Lipinski definition) is 5. The zero-order valence-corrected chi connectivity index (χ0v) is 29.1. The second-order valence-corrected chi connectivity index (χ2v) is 16.2. The standard InChI is InChI=1S/C37H45F2N5O4S/c1-41(2)49(47,48)40-35(45)27-12-13-31-32(23-27)44-24-28(36(46)43-18-14-29(15-19-43)42-20-16-37(38,39)17-21-42)22-26-10-6-7-11-30(26)34(44)33(31)25-8-4-3-5-9-25/h6-7,10-13,22-23,25,29H,3-5,8-9,14-21,24H2,1-2H3,(H,40,45). The van der Waals surface area contributed by atoms with Crippen LogP contribution in [-0.4, -0.2) is 91.1 Å². The fourth-order valence-corrected chi connectivity index (χ4v) is 8.80. The number of likely N-dealkylation sites (tertiary alicyclic amines) is 2. The Morgan fingerprint density at radius 3 is 2.31 bits per heavy atom. The molecule has 0 atom stereocenters. The van der Waals surface area contributed by atoms with Gasteiger partial charge in [-0.1, -0.05) is 49.6 Å². The average Bonchev–Trinajstić information content (AvgIpc) is 3.30. The first-order valence-electron chi connectivity index (χ1n) is 17.5. The number of piperidine rings is 2. The number of fused-ring (bicyclic) bond motifs is 5. The van der Waals surface area contributed by atoms with E-state index in [-0.39, 0.29) is 30.4 Å². The molecule has 9 nitrogen and oxygen atoms in total. The molecule has 1 N–H and O–H groups in total. The van der Waals surface area contributed by atoms with Crippen LogP contribution in [0.1, 0.15) is 85.2 Å². The minimum atomic E-state index is -3.99. The maximum absolute atomic E-state index is 14.3. The number of amides is 2. The average molecular weight is 694 g/mol. The van der Waals surface area contributed by atoms with Gasteiger partial charge in [0.25, 0.3) is 17.7 Å². The number of benzene rings is 2. The molecule has 49 heavy (non-hydrogen) atoms. The van der Waals surface area contributed by atoms with Crippen LogP contribution in [0.2, 0.25) is 0 Å². The maximum Gasteiger partial charge on any atom is 0.303 e. The first-order valence-corrected chi connectivity index (χ1v) is 19.0. The molecule has 7 rings (SSSR count). The Labute approximate surface area is 287 Å². The van der Waals surface area contributed by atoms with Crippen molar-refractivity contribution < 1.29 is 26.8 Å². The van der Waals surface area contributed by atoms with Crippen LogP contribution in [0.5, 0.6) is 0 Å². The number of carbonyl (C=O) groups is 2. The molecule has 262 valence electrons. The summed E-state index contributed by atoms with van der Waals surface area (Å²) in [6.45, 7) is 2.20. The molecule has 4 aliphatic rings. The number of aromatic nitrogens is 1. The smallest absolute Gasteiger partial charge is 0.303 e. The van der Waals surface area contributed by atoms with Gasteiger partial charge in [-0.25, -0.2) is 13.5 Å². The summed E-state index contributed by atoms with van der Waals surface area (Å²) in [6.07, 6.45) is 8.87. The Morgan fingerprint density at radius 2 is 1.61 bits per heavy atom. The largest absolute Gasteiger partial charge is 0.339 e. The van der Waals surface area contributed by atoms with Gasteiger partial charge in [0.05, 0.1) is 12.2 Å². The third kappa shape index (κ3) is 6.67. The molecule has 4 heterocycles. The van der Waals surface area contributed by atoms with Crippen molar-refractivity contribution in [3.63, 3.8) is 0 Å². The second-order valence-electron chi connectivity index (χ2n) is 14.3. The monoisotopic (exact) mass is 693 g/mol. The van der Waals surface area contributed by atoms with Crippen molar-refractivity contribution in [3.05, 3.63) is 64.7 Å². The molecule has 0 unspecified atom stereocenters. The SMILES string of the molecule is CN(C)S(=O)(=O)NC(=O)c1ccc2c(C3CCCCC3)c3n(c2c1)CC(C(=O)N1CCC(N2CCC(F)(F)CC2)CC1)=Cc1ccccc1-3. The van der Waals surface area contributed by atoms with Crippen LogP contribution < -0.4 is 4.72 Å². The van der Waals surface area contributed by atoms with Crippen molar-refractivity contribution in [2.24, 2.45) is 0 Å². The van der Waals surface area contributed by atoms with Crippen LogP contribution in [-0.2, 0) is 21.5 Å². The van der Waals surface area contributed by atoms with Crippen molar-refractivity contribution in [1.82, 2.24) is 23.4 Å². The normalized spacial score (nSPS) is 20.8. The van der Waals surface area contributed by atoms with E-state index >= 15 is 0 Å². The summed E-state index contributed by atoms with van der Waals surface area (Å²) >= 11 is 0. The van der Waals surface area contributed by atoms with Gasteiger partial charge in [0.1, 0.15) is 0 Å². The van der Waals surface area contributed by atoms with Gasteiger partial charge in [0.2, 0.25) is 0 Å². The highest BCUT2D eigenvalue weighted by atomic mass is 32.2. The van der Waals surface area contributed by atoms with Crippen LogP contribution in [0.4, 0.5) is 8.78 Å². The lowest BCUT2D eigenvalue weighted by atomic mass is 9.81. The van der Waals surface area contributed by atoms with Crippen molar-refractivity contribution >= 4 is 39.0 Å². The third-order valence-electron chi connectivity index (χ3n) is 11.0. The van der Waals surface area contributed by atoms with Gasteiger partial charge in [0.15, 0.2) is 0 Å². The molecule has 12 heteroatoms. The number of nitrogens with zero attached hydrogens (tertiary/aromatic N) is 4. The lowest BCUT2D eigenvalue weighted by Gasteiger charge is -2.41. The van der Waals surface area contributed by atoms with Crippen molar-refractivity contribution in [3.8, 4) is 11.3 Å². The zero-order chi connectivity index (χ0) is 34.5. The number of halogens is 2. The molecule has 3 fully saturated rings. The van der Waals surface area contributed by atoms with E-state index in [2.05, 4.69) is 20.3 Å². The van der Waals surface area contributed by atoms with E-state index in [1.54, 1.807) is 12.1 Å². The molecule has 3 aromatic rings. The highest BCUT2D eigenvalue weighted by Crippen LogP contribution is 2.46. The number of nitrogens with one attached hydrogen (secondary N) is 1. The van der Waals surface area contributed by atoms with E-state index in [0.717, 1.165) is 70.6 Å². The summed E-state index contributed by atoms with van der Waals surface area (Å²) in [5, 5.41) is 1.02. The maximum atomic E-state index is 14.3. The lowest BCUT2D eigenvalue weighted by Crippen LogP contribution is -2.50. The van der Waals surface area contributed by atoms with Gasteiger partial charge in [-0.15, -0.1) is 0 Å². The molecule has 1 aliphatic carbocycles. The summed E-state index contributed by atoms with van der Waals surface area (Å²) in [7, 11) is -1.27. The van der Waals surface area contributed by atoms with E-state index in [9.17, 15) is 26.8 Å². The Balaban J connectivity index is 1.25. The van der Waals surface area contributed by atoms with E-state index in [1.807, 2.05) is 35.2 Å². The summed E-state index contributed by atoms with van der Waals surface area (Å²) < 4.78 is 57.9. The Kier molecular flexibility index (Phi) is 9.16. The Morgan fingerprint density at radius 1 is 0.918 bits per heavy atom. The van der Waals surface area contributed by atoms with Crippen molar-refractivity contribution in [1.29, 1.82) is 0 Å². The topological polar surface area (TPSA) is 95.0 Å². The third-order valence-corrected chi connectivity index (χ3v) is 12.4. The van der Waals surface area contributed by atoms with Gasteiger partial charge in [0, 0.05) is 86.8 Å². The highest BCUT2D eigenvalue weighted by molar-refractivity contribution is 7.87. The molecule has 1 saturated carbocycles. The lowest BCUT2D eigenvalue weighted by molar-refractivity contribution is -0.129. The van der Waals surface area contributed by atoms with Gasteiger partial charge in [-0.3, -0.25) is 14.5 Å². The van der Waals surface area contributed by atoms with Gasteiger partial charge < -0.3 is 9.47 Å². The van der Waals surface area contributed by atoms with Gasteiger partial charge >= 0.3 is 10.2 Å². The molecular weight excluding hydrogens is 649 g/mol. The molecule has 2 aromatic carbocycles. The van der Waals surface area contributed by atoms with E-state index < -0.39 is 22.0 Å². The van der Waals surface area contributed by atoms with Gasteiger partial charge in [-0.2, -0.15) is 12.7 Å². The van der Waals surface area contributed by atoms with E-state index in [4.69, 9.17) is 0 Å². The molecular formula is C37H45F2N5O4S. The molecule has 2 amide bonds. The predicted octanol–water partition coefficient (Wildman–Crippen LogP) is 6.01. The van der Waals surface area contributed by atoms with Crippen LogP contribution in [0, 0.1) is 0 Å². The van der Waals surface area contributed by atoms with Crippen LogP contribution >= 0.6 is 0 Å². The Hall–Kier alpha value is -3.61. The number of hydrogen-bond donors (Lipinski definition) is 1. The minimum Gasteiger partial charge on any atom is -0.339 e. The predicted molar refractivity (Wildman–Crippen MR) is 187 cm³/mol. The summed E-state index contributed by atoms with van der Waals surface area (Å²) in [4.78, 5) is 31.7. The van der Waals surface area contributed by atoms with Crippen molar-refractivity contribution in [2.75, 3.05) is 40.3 Å². The number of rotatable bonds is 6. The fourth-order valence-electron chi connectivity index (χ4n) is 8.27. The minimum absolute atomic E-state index is 0.0432. The molecule has 1 aromatic heterocycles. The number of carbonyl (C=O) groups excluding carboxylic acids is 2. The number of alkyl halides is 2. The molecule has 3 aliphatic heterocycles. The molecule has 0 radical (unpaired) electrons. The first-order chi connectivity index (χ1) is 23.4. The molecule has 0 bridgehead atoms. The molecule has 2 saturated heterocycles. The molecule has 0 spiro atoms. The van der Waals surface area contributed by atoms with Gasteiger partial charge in [-0.05, 0) is 60.9 Å². The van der Waals surface area contributed by atoms with Crippen LogP contribution in [0.15, 0.2) is 48.0 Å². The summed E-state index contributed by atoms with van der Waals surface area (Å²) in [6, 6.07) is 13.7. The quantitative estimate of drug-likeness (QED) is 0.342. The van der Waals surface area contributed by atoms with Crippen LogP contribution in [0.25, 0.3) is 28.2 Å². The fraction of sp³-hybridized carbons (Fsp3) is 0.514. The zero-order valence-electron chi connectivity index (χ0n) is 28.3. The second kappa shape index (κ2) is 13.3. The highest BCUT2D eigenvalue weighted by Gasteiger charge is 2.38. The van der Waals surface area contributed by atoms with E-state index in [0.29, 0.717) is 44.2 Å². The van der Waals surface area contributed by atoms with Crippen LogP contribution in [0.3, 0.4) is 0 Å². The van der Waals surface area contributed by atoms with E-state index in [1.165, 1.54) is 26.1 Å². The first kappa shape index (κ1) is 33.9. The summed E-state index contributed by atoms with van der Waals surface area (Å²) in [5.41, 5.74) is 5.93.